The van der Waals surface area contributed by atoms with Crippen LogP contribution in [0.25, 0.3) is 11.4 Å². The molecule has 30 heavy (non-hydrogen) atoms. The highest BCUT2D eigenvalue weighted by Crippen LogP contribution is 2.32. The van der Waals surface area contributed by atoms with Crippen molar-refractivity contribution in [2.24, 2.45) is 5.10 Å². The number of nitrogens with zero attached hydrogens (tertiary/aromatic N) is 4. The second-order valence-corrected chi connectivity index (χ2v) is 7.09. The van der Waals surface area contributed by atoms with Crippen LogP contribution in [0, 0.1) is 6.92 Å². The van der Waals surface area contributed by atoms with Crippen LogP contribution < -0.4 is 14.9 Å². The summed E-state index contributed by atoms with van der Waals surface area (Å²) in [6.07, 6.45) is 1.46. The first-order valence-electron chi connectivity index (χ1n) is 9.22. The summed E-state index contributed by atoms with van der Waals surface area (Å²) < 4.78 is 17.9. The Morgan fingerprint density at radius 1 is 1.23 bits per heavy atom. The van der Waals surface area contributed by atoms with E-state index in [-0.39, 0.29) is 11.7 Å². The molecule has 0 saturated heterocycles. The van der Waals surface area contributed by atoms with Crippen LogP contribution in [0.3, 0.4) is 0 Å². The monoisotopic (exact) mass is 429 g/mol. The Morgan fingerprint density at radius 3 is 2.70 bits per heavy atom. The second-order valence-electron chi connectivity index (χ2n) is 6.15. The summed E-state index contributed by atoms with van der Waals surface area (Å²) in [5.74, 6) is 3.19. The molecule has 9 nitrogen and oxygen atoms in total. The third-order valence-corrected chi connectivity index (χ3v) is 5.12. The van der Waals surface area contributed by atoms with Gasteiger partial charge in [0.2, 0.25) is 0 Å². The number of hydrogen-bond acceptors (Lipinski definition) is 8. The van der Waals surface area contributed by atoms with Crippen molar-refractivity contribution >= 4 is 23.9 Å². The maximum absolute atomic E-state index is 12.1. The first kappa shape index (κ1) is 21.4. The third kappa shape index (κ3) is 5.01. The molecule has 0 aliphatic carbocycles. The normalized spacial score (nSPS) is 11.1. The van der Waals surface area contributed by atoms with Gasteiger partial charge in [0.1, 0.15) is 11.5 Å². The molecule has 0 radical (unpaired) electrons. The number of furan rings is 1. The molecule has 0 atom stereocenters. The number of hydrogen-bond donors (Lipinski definition) is 1. The molecule has 158 valence electrons. The van der Waals surface area contributed by atoms with Gasteiger partial charge in [0, 0.05) is 12.1 Å². The van der Waals surface area contributed by atoms with E-state index in [1.165, 1.54) is 18.0 Å². The van der Waals surface area contributed by atoms with Gasteiger partial charge in [-0.05, 0) is 44.2 Å². The van der Waals surface area contributed by atoms with Gasteiger partial charge in [-0.25, -0.2) is 5.43 Å². The zero-order chi connectivity index (χ0) is 21.5. The second kappa shape index (κ2) is 9.97. The van der Waals surface area contributed by atoms with Crippen molar-refractivity contribution in [3.63, 3.8) is 0 Å². The van der Waals surface area contributed by atoms with E-state index >= 15 is 0 Å². The molecule has 1 N–H and O–H groups in total. The molecule has 3 rings (SSSR count). The molecule has 3 aromatic rings. The Bertz CT molecular complexity index is 1040. The number of carbonyl (C=O) groups is 1. The molecular weight excluding hydrogens is 406 g/mol. The molecule has 0 unspecified atom stereocenters. The van der Waals surface area contributed by atoms with E-state index in [1.54, 1.807) is 20.3 Å². The van der Waals surface area contributed by atoms with Gasteiger partial charge >= 0.3 is 0 Å². The highest BCUT2D eigenvalue weighted by Gasteiger charge is 2.16. The lowest BCUT2D eigenvalue weighted by Crippen LogP contribution is -2.20. The Hall–Kier alpha value is -3.27. The minimum absolute atomic E-state index is 0.151. The van der Waals surface area contributed by atoms with E-state index in [2.05, 4.69) is 20.7 Å². The van der Waals surface area contributed by atoms with Gasteiger partial charge in [-0.15, -0.1) is 10.2 Å². The van der Waals surface area contributed by atoms with E-state index in [4.69, 9.17) is 13.9 Å². The molecule has 0 aliphatic rings. The van der Waals surface area contributed by atoms with E-state index in [0.717, 1.165) is 11.3 Å². The zero-order valence-electron chi connectivity index (χ0n) is 17.2. The molecule has 2 heterocycles. The van der Waals surface area contributed by atoms with Crippen LogP contribution in [0.5, 0.6) is 11.5 Å². The van der Waals surface area contributed by atoms with Crippen LogP contribution in [0.15, 0.2) is 45.0 Å². The zero-order valence-corrected chi connectivity index (χ0v) is 18.0. The lowest BCUT2D eigenvalue weighted by molar-refractivity contribution is -0.118. The summed E-state index contributed by atoms with van der Waals surface area (Å²) in [6.45, 7) is 4.48. The van der Waals surface area contributed by atoms with Gasteiger partial charge in [-0.2, -0.15) is 5.10 Å². The summed E-state index contributed by atoms with van der Waals surface area (Å²) in [5, 5.41) is 13.1. The summed E-state index contributed by atoms with van der Waals surface area (Å²) >= 11 is 1.29. The summed E-state index contributed by atoms with van der Waals surface area (Å²) in [7, 11) is 3.17. The molecule has 0 fully saturated rings. The van der Waals surface area contributed by atoms with Crippen molar-refractivity contribution in [3.8, 4) is 22.9 Å². The maximum Gasteiger partial charge on any atom is 0.250 e. The fraction of sp³-hybridized carbons (Fsp3) is 0.300. The van der Waals surface area contributed by atoms with Gasteiger partial charge < -0.3 is 18.5 Å². The summed E-state index contributed by atoms with van der Waals surface area (Å²) in [6, 6.07) is 9.17. The van der Waals surface area contributed by atoms with Crippen molar-refractivity contribution in [3.05, 3.63) is 41.9 Å². The molecule has 0 bridgehead atoms. The van der Waals surface area contributed by atoms with Gasteiger partial charge in [-0.1, -0.05) is 11.8 Å². The molecule has 0 saturated carbocycles. The molecule has 2 aromatic heterocycles. The SMILES string of the molecule is CCn1c(SCC(=O)NN=Cc2ccc(C)o2)nnc1-c1ccc(OC)c(OC)c1. The molecule has 0 spiro atoms. The van der Waals surface area contributed by atoms with Crippen LogP contribution in [0.4, 0.5) is 0 Å². The van der Waals surface area contributed by atoms with Crippen LogP contribution in [-0.4, -0.2) is 46.9 Å². The Kier molecular flexibility index (Phi) is 7.12. The number of rotatable bonds is 9. The minimum Gasteiger partial charge on any atom is -0.493 e. The van der Waals surface area contributed by atoms with E-state index in [1.807, 2.05) is 42.7 Å². The number of amides is 1. The molecular formula is C20H23N5O4S. The lowest BCUT2D eigenvalue weighted by Gasteiger charge is -2.10. The number of nitrogens with one attached hydrogen (secondary N) is 1. The van der Waals surface area contributed by atoms with Crippen LogP contribution in [-0.2, 0) is 11.3 Å². The molecule has 10 heteroatoms. The Balaban J connectivity index is 1.65. The fourth-order valence-electron chi connectivity index (χ4n) is 2.72. The first-order valence-corrected chi connectivity index (χ1v) is 10.2. The largest absolute Gasteiger partial charge is 0.493 e. The fourth-order valence-corrected chi connectivity index (χ4v) is 3.52. The predicted octanol–water partition coefficient (Wildman–Crippen LogP) is 3.13. The molecule has 1 aromatic carbocycles. The highest BCUT2D eigenvalue weighted by molar-refractivity contribution is 7.99. The Labute approximate surface area is 178 Å². The third-order valence-electron chi connectivity index (χ3n) is 4.15. The summed E-state index contributed by atoms with van der Waals surface area (Å²) in [5.41, 5.74) is 3.32. The molecule has 1 amide bonds. The maximum atomic E-state index is 12.1. The van der Waals surface area contributed by atoms with Gasteiger partial charge in [-0.3, -0.25) is 4.79 Å². The van der Waals surface area contributed by atoms with Gasteiger partial charge in [0.25, 0.3) is 5.91 Å². The number of hydrazone groups is 1. The van der Waals surface area contributed by atoms with Crippen LogP contribution in [0.2, 0.25) is 0 Å². The average molecular weight is 430 g/mol. The quantitative estimate of drug-likeness (QED) is 0.317. The van der Waals surface area contributed by atoms with Crippen molar-refractivity contribution < 1.29 is 18.7 Å². The average Bonchev–Trinajstić information content (AvgIpc) is 3.37. The number of methoxy groups -OCH3 is 2. The number of thioether (sulfide) groups is 1. The molecule has 0 aliphatic heterocycles. The smallest absolute Gasteiger partial charge is 0.250 e. The van der Waals surface area contributed by atoms with Crippen molar-refractivity contribution in [2.45, 2.75) is 25.5 Å². The summed E-state index contributed by atoms with van der Waals surface area (Å²) in [4.78, 5) is 12.1. The highest BCUT2D eigenvalue weighted by atomic mass is 32.2. The van der Waals surface area contributed by atoms with Gasteiger partial charge in [0.15, 0.2) is 22.5 Å². The minimum atomic E-state index is -0.252. The van der Waals surface area contributed by atoms with E-state index < -0.39 is 0 Å². The number of carbonyl (C=O) groups excluding carboxylic acids is 1. The number of aromatic nitrogens is 3. The number of ether oxygens (including phenoxy) is 2. The van der Waals surface area contributed by atoms with E-state index in [0.29, 0.717) is 34.8 Å². The standard InChI is InChI=1S/C20H23N5O4S/c1-5-25-19(14-7-9-16(27-3)17(10-14)28-4)23-24-20(25)30-12-18(26)22-21-11-15-8-6-13(2)29-15/h6-11H,5,12H2,1-4H3,(H,22,26). The number of aryl methyl sites for hydroxylation is 1. The lowest BCUT2D eigenvalue weighted by atomic mass is 10.2. The van der Waals surface area contributed by atoms with Crippen LogP contribution in [0.1, 0.15) is 18.4 Å². The van der Waals surface area contributed by atoms with Crippen LogP contribution >= 0.6 is 11.8 Å². The predicted molar refractivity (Wildman–Crippen MR) is 114 cm³/mol. The van der Waals surface area contributed by atoms with Crippen molar-refractivity contribution in [1.29, 1.82) is 0 Å². The topological polar surface area (TPSA) is 104 Å². The van der Waals surface area contributed by atoms with Gasteiger partial charge in [0.05, 0.1) is 26.2 Å². The van der Waals surface area contributed by atoms with Crippen molar-refractivity contribution in [1.82, 2.24) is 20.2 Å². The number of benzene rings is 1. The first-order chi connectivity index (χ1) is 14.5. The Morgan fingerprint density at radius 2 is 2.03 bits per heavy atom. The van der Waals surface area contributed by atoms with E-state index in [9.17, 15) is 4.79 Å². The van der Waals surface area contributed by atoms with Crippen molar-refractivity contribution in [2.75, 3.05) is 20.0 Å².